The molecule has 0 spiro atoms. The highest BCUT2D eigenvalue weighted by Gasteiger charge is 2.02. The molecule has 13 heavy (non-hydrogen) atoms. The zero-order valence-electron chi connectivity index (χ0n) is 6.97. The molecule has 0 saturated heterocycles. The molecule has 1 aromatic rings. The van der Waals surface area contributed by atoms with Crippen LogP contribution in [0.4, 0.5) is 10.5 Å². The summed E-state index contributed by atoms with van der Waals surface area (Å²) in [6, 6.07) is 4.89. The standard InChI is InChI=1S/C8H9ClN2OS/c1-5-2-3-6(9)4-7(5)10-8(12)11-13/h2-4,13H,1H3,(H2,10,11,12). The first kappa shape index (κ1) is 10.2. The third kappa shape index (κ3) is 2.82. The number of carbonyl (C=O) groups is 1. The van der Waals surface area contributed by atoms with Gasteiger partial charge in [0, 0.05) is 10.7 Å². The smallest absolute Gasteiger partial charge is 0.307 e. The molecule has 0 atom stereocenters. The van der Waals surface area contributed by atoms with Gasteiger partial charge in [0.25, 0.3) is 0 Å². The van der Waals surface area contributed by atoms with Crippen LogP contribution in [0.2, 0.25) is 5.02 Å². The van der Waals surface area contributed by atoms with Crippen molar-refractivity contribution in [2.24, 2.45) is 0 Å². The Bertz CT molecular complexity index is 330. The predicted molar refractivity (Wildman–Crippen MR) is 57.3 cm³/mol. The van der Waals surface area contributed by atoms with Crippen LogP contribution in [-0.4, -0.2) is 6.03 Å². The van der Waals surface area contributed by atoms with E-state index >= 15 is 0 Å². The summed E-state index contributed by atoms with van der Waals surface area (Å²) in [6.45, 7) is 1.88. The maximum atomic E-state index is 10.9. The molecule has 5 heteroatoms. The minimum Gasteiger partial charge on any atom is -0.307 e. The highest BCUT2D eigenvalue weighted by Crippen LogP contribution is 2.19. The first-order valence-electron chi connectivity index (χ1n) is 3.60. The predicted octanol–water partition coefficient (Wildman–Crippen LogP) is 2.61. The molecule has 0 aliphatic rings. The second kappa shape index (κ2) is 4.39. The maximum absolute atomic E-state index is 10.9. The number of carbonyl (C=O) groups excluding carboxylic acids is 1. The Hall–Kier alpha value is -0.870. The molecule has 2 amide bonds. The lowest BCUT2D eigenvalue weighted by atomic mass is 10.2. The summed E-state index contributed by atoms with van der Waals surface area (Å²) in [6.07, 6.45) is 0. The first-order valence-corrected chi connectivity index (χ1v) is 4.43. The van der Waals surface area contributed by atoms with Gasteiger partial charge in [-0.2, -0.15) is 0 Å². The van der Waals surface area contributed by atoms with Gasteiger partial charge in [-0.15, -0.1) is 0 Å². The fourth-order valence-corrected chi connectivity index (χ4v) is 1.11. The molecular weight excluding hydrogens is 208 g/mol. The van der Waals surface area contributed by atoms with Crippen molar-refractivity contribution in [3.05, 3.63) is 28.8 Å². The Kier molecular flexibility index (Phi) is 3.45. The van der Waals surface area contributed by atoms with Crippen LogP contribution >= 0.6 is 24.4 Å². The Morgan fingerprint density at radius 1 is 1.54 bits per heavy atom. The highest BCUT2D eigenvalue weighted by atomic mass is 35.5. The molecule has 0 fully saturated rings. The number of rotatable bonds is 1. The largest absolute Gasteiger partial charge is 0.329 e. The van der Waals surface area contributed by atoms with E-state index in [-0.39, 0.29) is 6.03 Å². The highest BCUT2D eigenvalue weighted by molar-refractivity contribution is 7.78. The van der Waals surface area contributed by atoms with E-state index in [0.717, 1.165) is 5.56 Å². The Morgan fingerprint density at radius 2 is 2.23 bits per heavy atom. The number of anilines is 1. The lowest BCUT2D eigenvalue weighted by Gasteiger charge is -2.07. The van der Waals surface area contributed by atoms with Crippen LogP contribution in [0, 0.1) is 6.92 Å². The molecule has 0 saturated carbocycles. The minimum absolute atomic E-state index is 0.381. The summed E-state index contributed by atoms with van der Waals surface area (Å²) >= 11 is 9.36. The van der Waals surface area contributed by atoms with Crippen LogP contribution in [0.3, 0.4) is 0 Å². The summed E-state index contributed by atoms with van der Waals surface area (Å²) in [5.74, 6) is 0. The third-order valence-corrected chi connectivity index (χ3v) is 1.99. The SMILES string of the molecule is Cc1ccc(Cl)cc1NC(=O)NS. The van der Waals surface area contributed by atoms with Gasteiger partial charge in [-0.1, -0.05) is 30.5 Å². The van der Waals surface area contributed by atoms with Crippen LogP contribution < -0.4 is 10.0 Å². The third-order valence-electron chi connectivity index (χ3n) is 1.55. The number of amides is 2. The molecule has 1 aromatic carbocycles. The van der Waals surface area contributed by atoms with Gasteiger partial charge < -0.3 is 5.32 Å². The van der Waals surface area contributed by atoms with E-state index in [4.69, 9.17) is 11.6 Å². The van der Waals surface area contributed by atoms with E-state index in [0.29, 0.717) is 10.7 Å². The number of hydrogen-bond donors (Lipinski definition) is 3. The van der Waals surface area contributed by atoms with Gasteiger partial charge in [0.2, 0.25) is 0 Å². The first-order chi connectivity index (χ1) is 6.13. The number of halogens is 1. The lowest BCUT2D eigenvalue weighted by Crippen LogP contribution is -2.20. The second-order valence-electron chi connectivity index (χ2n) is 2.53. The fraction of sp³-hybridized carbons (Fsp3) is 0.125. The molecule has 0 aliphatic carbocycles. The van der Waals surface area contributed by atoms with Crippen molar-refractivity contribution in [1.29, 1.82) is 0 Å². The van der Waals surface area contributed by atoms with Gasteiger partial charge >= 0.3 is 6.03 Å². The Morgan fingerprint density at radius 3 is 2.85 bits per heavy atom. The molecule has 0 heterocycles. The van der Waals surface area contributed by atoms with Crippen LogP contribution in [0.25, 0.3) is 0 Å². The zero-order valence-corrected chi connectivity index (χ0v) is 8.62. The van der Waals surface area contributed by atoms with Crippen molar-refractivity contribution >= 4 is 36.1 Å². The van der Waals surface area contributed by atoms with Gasteiger partial charge in [-0.3, -0.25) is 4.72 Å². The van der Waals surface area contributed by atoms with Gasteiger partial charge in [0.05, 0.1) is 0 Å². The number of aryl methyl sites for hydroxylation is 1. The average molecular weight is 217 g/mol. The van der Waals surface area contributed by atoms with Gasteiger partial charge in [0.15, 0.2) is 0 Å². The van der Waals surface area contributed by atoms with Crippen LogP contribution in [0.1, 0.15) is 5.56 Å². The number of thiol groups is 1. The van der Waals surface area contributed by atoms with Crippen molar-refractivity contribution in [2.75, 3.05) is 5.32 Å². The number of hydrogen-bond acceptors (Lipinski definition) is 2. The van der Waals surface area contributed by atoms with E-state index in [2.05, 4.69) is 22.9 Å². The quantitative estimate of drug-likeness (QED) is 0.621. The minimum atomic E-state index is -0.381. The molecule has 0 bridgehead atoms. The summed E-state index contributed by atoms with van der Waals surface area (Å²) in [4.78, 5) is 10.9. The number of benzene rings is 1. The Labute approximate surface area is 87.0 Å². The van der Waals surface area contributed by atoms with Gasteiger partial charge in [-0.25, -0.2) is 4.79 Å². The van der Waals surface area contributed by atoms with Gasteiger partial charge in [-0.05, 0) is 24.6 Å². The lowest BCUT2D eigenvalue weighted by molar-refractivity contribution is 0.257. The summed E-state index contributed by atoms with van der Waals surface area (Å²) in [5.41, 5.74) is 1.63. The van der Waals surface area contributed by atoms with E-state index in [9.17, 15) is 4.79 Å². The molecular formula is C8H9ClN2OS. The molecule has 0 aliphatic heterocycles. The average Bonchev–Trinajstić information content (AvgIpc) is 2.11. The van der Waals surface area contributed by atoms with Crippen molar-refractivity contribution < 1.29 is 4.79 Å². The number of urea groups is 1. The summed E-state index contributed by atoms with van der Waals surface area (Å²) in [7, 11) is 0. The normalized spacial score (nSPS) is 9.46. The second-order valence-corrected chi connectivity index (χ2v) is 3.19. The molecule has 1 rings (SSSR count). The summed E-state index contributed by atoms with van der Waals surface area (Å²) in [5, 5.41) is 3.17. The van der Waals surface area contributed by atoms with E-state index < -0.39 is 0 Å². The number of nitrogens with one attached hydrogen (secondary N) is 2. The van der Waals surface area contributed by atoms with Crippen molar-refractivity contribution in [3.63, 3.8) is 0 Å². The van der Waals surface area contributed by atoms with Crippen molar-refractivity contribution in [2.45, 2.75) is 6.92 Å². The molecule has 70 valence electrons. The van der Waals surface area contributed by atoms with Gasteiger partial charge in [0.1, 0.15) is 0 Å². The molecule has 0 radical (unpaired) electrons. The van der Waals surface area contributed by atoms with E-state index in [1.165, 1.54) is 0 Å². The monoisotopic (exact) mass is 216 g/mol. The molecule has 0 unspecified atom stereocenters. The van der Waals surface area contributed by atoms with Crippen LogP contribution in [0.5, 0.6) is 0 Å². The molecule has 0 aromatic heterocycles. The maximum Gasteiger partial charge on any atom is 0.329 e. The van der Waals surface area contributed by atoms with Crippen LogP contribution in [0.15, 0.2) is 18.2 Å². The van der Waals surface area contributed by atoms with E-state index in [1.54, 1.807) is 12.1 Å². The summed E-state index contributed by atoms with van der Waals surface area (Å²) < 4.78 is 2.16. The van der Waals surface area contributed by atoms with Crippen molar-refractivity contribution in [1.82, 2.24) is 4.72 Å². The fourth-order valence-electron chi connectivity index (χ4n) is 0.879. The molecule has 3 nitrogen and oxygen atoms in total. The van der Waals surface area contributed by atoms with Crippen molar-refractivity contribution in [3.8, 4) is 0 Å². The zero-order chi connectivity index (χ0) is 9.84. The van der Waals surface area contributed by atoms with Crippen LogP contribution in [-0.2, 0) is 0 Å². The molecule has 2 N–H and O–H groups in total. The van der Waals surface area contributed by atoms with E-state index in [1.807, 2.05) is 13.0 Å². The topological polar surface area (TPSA) is 41.1 Å². The Balaban J connectivity index is 2.87.